The lowest BCUT2D eigenvalue weighted by atomic mass is 10.0. The van der Waals surface area contributed by atoms with Crippen LogP contribution in [0.25, 0.3) is 0 Å². The van der Waals surface area contributed by atoms with E-state index in [4.69, 9.17) is 0 Å². The molecular formula is C12H13BrO3. The minimum Gasteiger partial charge on any atom is -0.465 e. The average molecular weight is 285 g/mol. The number of carbonyl (C=O) groups excluding carboxylic acids is 2. The summed E-state index contributed by atoms with van der Waals surface area (Å²) in [5, 5.41) is 0.673. The van der Waals surface area contributed by atoms with Crippen LogP contribution in [0.1, 0.15) is 27.9 Å². The minimum atomic E-state index is -0.352. The molecule has 86 valence electrons. The van der Waals surface area contributed by atoms with Crippen LogP contribution in [0.4, 0.5) is 0 Å². The summed E-state index contributed by atoms with van der Waals surface area (Å²) in [4.78, 5) is 21.7. The third-order valence-electron chi connectivity index (χ3n) is 2.18. The predicted octanol–water partition coefficient (Wildman–Crippen LogP) is 2.50. The second kappa shape index (κ2) is 6.43. The normalized spacial score (nSPS) is 9.88. The zero-order valence-electron chi connectivity index (χ0n) is 9.03. The Labute approximate surface area is 103 Å². The fourth-order valence-electron chi connectivity index (χ4n) is 1.45. The molecule has 0 unspecified atom stereocenters. The lowest BCUT2D eigenvalue weighted by molar-refractivity contribution is -0.107. The molecule has 4 heteroatoms. The fraction of sp³-hybridized carbons (Fsp3) is 0.333. The van der Waals surface area contributed by atoms with Gasteiger partial charge >= 0.3 is 5.97 Å². The van der Waals surface area contributed by atoms with Crippen LogP contribution in [0.5, 0.6) is 0 Å². The van der Waals surface area contributed by atoms with E-state index in [1.54, 1.807) is 12.1 Å². The molecular weight excluding hydrogens is 272 g/mol. The van der Waals surface area contributed by atoms with Crippen LogP contribution in [-0.2, 0) is 21.3 Å². The molecule has 0 fully saturated rings. The van der Waals surface area contributed by atoms with Crippen molar-refractivity contribution in [3.05, 3.63) is 34.9 Å². The van der Waals surface area contributed by atoms with Crippen molar-refractivity contribution in [3.63, 3.8) is 0 Å². The number of esters is 1. The van der Waals surface area contributed by atoms with E-state index in [2.05, 4.69) is 20.7 Å². The number of ether oxygens (including phenoxy) is 1. The van der Waals surface area contributed by atoms with Crippen LogP contribution >= 0.6 is 15.9 Å². The highest BCUT2D eigenvalue weighted by atomic mass is 79.9. The maximum absolute atomic E-state index is 11.4. The average Bonchev–Trinajstić information content (AvgIpc) is 2.34. The van der Waals surface area contributed by atoms with Gasteiger partial charge in [0.1, 0.15) is 6.29 Å². The zero-order chi connectivity index (χ0) is 12.0. The molecule has 0 aliphatic rings. The van der Waals surface area contributed by atoms with Gasteiger partial charge in [-0.2, -0.15) is 0 Å². The Morgan fingerprint density at radius 1 is 1.38 bits per heavy atom. The second-order valence-electron chi connectivity index (χ2n) is 3.37. The van der Waals surface area contributed by atoms with Crippen LogP contribution in [0, 0.1) is 0 Å². The molecule has 0 amide bonds. The molecule has 0 radical (unpaired) electrons. The molecule has 0 N–H and O–H groups in total. The summed E-state index contributed by atoms with van der Waals surface area (Å²) in [5.41, 5.74) is 2.51. The van der Waals surface area contributed by atoms with Crippen molar-refractivity contribution in [2.75, 3.05) is 7.11 Å². The number of aryl methyl sites for hydroxylation is 1. The first-order valence-corrected chi connectivity index (χ1v) is 6.04. The van der Waals surface area contributed by atoms with Crippen LogP contribution < -0.4 is 0 Å². The van der Waals surface area contributed by atoms with Gasteiger partial charge in [0.15, 0.2) is 0 Å². The molecule has 0 spiro atoms. The van der Waals surface area contributed by atoms with Gasteiger partial charge in [0, 0.05) is 11.8 Å². The third kappa shape index (κ3) is 3.45. The monoisotopic (exact) mass is 284 g/mol. The van der Waals surface area contributed by atoms with Gasteiger partial charge < -0.3 is 9.53 Å². The number of benzene rings is 1. The number of halogens is 1. The van der Waals surface area contributed by atoms with E-state index in [1.165, 1.54) is 7.11 Å². The van der Waals surface area contributed by atoms with E-state index in [0.29, 0.717) is 23.7 Å². The molecule has 0 saturated carbocycles. The first-order valence-electron chi connectivity index (χ1n) is 4.92. The van der Waals surface area contributed by atoms with Crippen molar-refractivity contribution >= 4 is 28.2 Å². The lowest BCUT2D eigenvalue weighted by Gasteiger charge is -2.06. The lowest BCUT2D eigenvalue weighted by Crippen LogP contribution is -2.03. The van der Waals surface area contributed by atoms with E-state index >= 15 is 0 Å². The summed E-state index contributed by atoms with van der Waals surface area (Å²) in [7, 11) is 1.36. The molecule has 1 rings (SSSR count). The minimum absolute atomic E-state index is 0.352. The van der Waals surface area contributed by atoms with E-state index in [9.17, 15) is 9.59 Å². The van der Waals surface area contributed by atoms with Crippen molar-refractivity contribution in [2.24, 2.45) is 0 Å². The standard InChI is InChI=1S/C12H13BrO3/c1-16-12(15)11-6-9(3-2-4-14)5-10(7-11)8-13/h4-7H,2-3,8H2,1H3. The van der Waals surface area contributed by atoms with E-state index in [-0.39, 0.29) is 5.97 Å². The predicted molar refractivity (Wildman–Crippen MR) is 64.8 cm³/mol. The Hall–Kier alpha value is -1.16. The summed E-state index contributed by atoms with van der Waals surface area (Å²) in [5.74, 6) is -0.352. The summed E-state index contributed by atoms with van der Waals surface area (Å²) >= 11 is 3.34. The van der Waals surface area contributed by atoms with Gasteiger partial charge in [0.05, 0.1) is 12.7 Å². The quantitative estimate of drug-likeness (QED) is 0.474. The number of alkyl halides is 1. The number of hydrogen-bond acceptors (Lipinski definition) is 3. The third-order valence-corrected chi connectivity index (χ3v) is 2.83. The zero-order valence-corrected chi connectivity index (χ0v) is 10.6. The molecule has 0 saturated heterocycles. The maximum atomic E-state index is 11.4. The van der Waals surface area contributed by atoms with Crippen molar-refractivity contribution in [1.29, 1.82) is 0 Å². The number of methoxy groups -OCH3 is 1. The van der Waals surface area contributed by atoms with Crippen molar-refractivity contribution in [2.45, 2.75) is 18.2 Å². The van der Waals surface area contributed by atoms with Crippen LogP contribution in [0.3, 0.4) is 0 Å². The Morgan fingerprint density at radius 2 is 2.06 bits per heavy atom. The van der Waals surface area contributed by atoms with E-state index in [1.807, 2.05) is 6.07 Å². The van der Waals surface area contributed by atoms with Gasteiger partial charge in [0.25, 0.3) is 0 Å². The van der Waals surface area contributed by atoms with Crippen molar-refractivity contribution in [3.8, 4) is 0 Å². The highest BCUT2D eigenvalue weighted by Gasteiger charge is 2.08. The van der Waals surface area contributed by atoms with Gasteiger partial charge in [-0.05, 0) is 29.7 Å². The summed E-state index contributed by atoms with van der Waals surface area (Å²) in [6.07, 6.45) is 1.99. The maximum Gasteiger partial charge on any atom is 0.337 e. The van der Waals surface area contributed by atoms with Crippen LogP contribution in [0.2, 0.25) is 0 Å². The molecule has 0 aliphatic heterocycles. The largest absolute Gasteiger partial charge is 0.465 e. The molecule has 1 aromatic rings. The smallest absolute Gasteiger partial charge is 0.337 e. The van der Waals surface area contributed by atoms with Crippen molar-refractivity contribution in [1.82, 2.24) is 0 Å². The highest BCUT2D eigenvalue weighted by Crippen LogP contribution is 2.15. The molecule has 1 aromatic carbocycles. The summed E-state index contributed by atoms with van der Waals surface area (Å²) in [6.45, 7) is 0. The van der Waals surface area contributed by atoms with Gasteiger partial charge in [-0.25, -0.2) is 4.79 Å². The molecule has 0 bridgehead atoms. The number of carbonyl (C=O) groups is 2. The molecule has 0 aromatic heterocycles. The number of rotatable bonds is 5. The Kier molecular flexibility index (Phi) is 5.19. The highest BCUT2D eigenvalue weighted by molar-refractivity contribution is 9.08. The van der Waals surface area contributed by atoms with Crippen LogP contribution in [0.15, 0.2) is 18.2 Å². The molecule has 0 atom stereocenters. The molecule has 0 heterocycles. The van der Waals surface area contributed by atoms with Gasteiger partial charge in [0.2, 0.25) is 0 Å². The van der Waals surface area contributed by atoms with Gasteiger partial charge in [-0.3, -0.25) is 0 Å². The topological polar surface area (TPSA) is 43.4 Å². The fourth-order valence-corrected chi connectivity index (χ4v) is 1.77. The molecule has 3 nitrogen and oxygen atoms in total. The number of aldehydes is 1. The van der Waals surface area contributed by atoms with Crippen LogP contribution in [-0.4, -0.2) is 19.4 Å². The summed E-state index contributed by atoms with van der Waals surface area (Å²) < 4.78 is 4.67. The Bertz CT molecular complexity index is 388. The number of hydrogen-bond donors (Lipinski definition) is 0. The Morgan fingerprint density at radius 3 is 2.62 bits per heavy atom. The molecule has 0 aliphatic carbocycles. The SMILES string of the molecule is COC(=O)c1cc(CBr)cc(CCC=O)c1. The first kappa shape index (κ1) is 12.9. The molecule has 16 heavy (non-hydrogen) atoms. The van der Waals surface area contributed by atoms with Gasteiger partial charge in [-0.15, -0.1) is 0 Å². The van der Waals surface area contributed by atoms with E-state index < -0.39 is 0 Å². The second-order valence-corrected chi connectivity index (χ2v) is 3.93. The van der Waals surface area contributed by atoms with Crippen molar-refractivity contribution < 1.29 is 14.3 Å². The Balaban J connectivity index is 3.00. The van der Waals surface area contributed by atoms with Gasteiger partial charge in [-0.1, -0.05) is 22.0 Å². The van der Waals surface area contributed by atoms with E-state index in [0.717, 1.165) is 17.4 Å². The first-order chi connectivity index (χ1) is 7.71. The summed E-state index contributed by atoms with van der Waals surface area (Å²) in [6, 6.07) is 5.52.